The maximum absolute atomic E-state index is 14.5. The molecule has 0 unspecified atom stereocenters. The van der Waals surface area contributed by atoms with Crippen LogP contribution in [0.5, 0.6) is 0 Å². The van der Waals surface area contributed by atoms with Gasteiger partial charge in [0.2, 0.25) is 5.95 Å². The number of anilines is 3. The van der Waals surface area contributed by atoms with Crippen molar-refractivity contribution in [3.8, 4) is 0 Å². The molecule has 0 bridgehead atoms. The largest absolute Gasteiger partial charge is 0.348 e. The molecule has 4 rings (SSSR count). The average Bonchev–Trinajstić information content (AvgIpc) is 3.16. The Morgan fingerprint density at radius 2 is 1.90 bits per heavy atom. The van der Waals surface area contributed by atoms with Gasteiger partial charge in [-0.25, -0.2) is 9.37 Å². The fraction of sp³-hybridized carbons (Fsp3) is 0.227. The minimum absolute atomic E-state index is 0.00784. The molecule has 0 saturated heterocycles. The van der Waals surface area contributed by atoms with Gasteiger partial charge in [0, 0.05) is 11.8 Å². The van der Waals surface area contributed by atoms with E-state index in [4.69, 9.17) is 0 Å². The highest BCUT2D eigenvalue weighted by Crippen LogP contribution is 2.28. The number of nitrogens with zero attached hydrogens (tertiary/aromatic N) is 3. The molecule has 0 fully saturated rings. The summed E-state index contributed by atoms with van der Waals surface area (Å²) in [5.41, 5.74) is 3.83. The SMILES string of the molecule is CCc1cc(Nc2nc(N[C@@H](C)c3ccc(C)cc3)nc3cccc(F)c23)n[nH]1. The van der Waals surface area contributed by atoms with Gasteiger partial charge < -0.3 is 10.6 Å². The van der Waals surface area contributed by atoms with E-state index in [9.17, 15) is 4.39 Å². The number of aromatic nitrogens is 4. The summed E-state index contributed by atoms with van der Waals surface area (Å²) in [5.74, 6) is 1.00. The Balaban J connectivity index is 1.70. The second-order valence-corrected chi connectivity index (χ2v) is 7.06. The quantitative estimate of drug-likeness (QED) is 0.417. The van der Waals surface area contributed by atoms with Gasteiger partial charge in [0.05, 0.1) is 16.9 Å². The lowest BCUT2D eigenvalue weighted by Crippen LogP contribution is -2.11. The number of aryl methyl sites for hydroxylation is 2. The van der Waals surface area contributed by atoms with Crippen molar-refractivity contribution in [2.75, 3.05) is 10.6 Å². The van der Waals surface area contributed by atoms with Crippen LogP contribution in [-0.2, 0) is 6.42 Å². The van der Waals surface area contributed by atoms with Crippen molar-refractivity contribution >= 4 is 28.5 Å². The molecule has 2 aromatic carbocycles. The second-order valence-electron chi connectivity index (χ2n) is 7.06. The Labute approximate surface area is 168 Å². The molecule has 0 amide bonds. The van der Waals surface area contributed by atoms with Crippen molar-refractivity contribution in [3.05, 3.63) is 71.2 Å². The van der Waals surface area contributed by atoms with Gasteiger partial charge in [-0.15, -0.1) is 0 Å². The van der Waals surface area contributed by atoms with Crippen LogP contribution in [0.15, 0.2) is 48.5 Å². The van der Waals surface area contributed by atoms with Gasteiger partial charge in [0.1, 0.15) is 11.6 Å². The Morgan fingerprint density at radius 3 is 2.62 bits per heavy atom. The standard InChI is InChI=1S/C22H23FN6/c1-4-16-12-19(29-28-16)26-21-20-17(23)6-5-7-18(20)25-22(27-21)24-14(3)15-10-8-13(2)9-11-15/h5-12,14H,4H2,1-3H3,(H3,24,25,26,27,28,29)/t14-/m0/s1. The fourth-order valence-electron chi connectivity index (χ4n) is 3.16. The highest BCUT2D eigenvalue weighted by Gasteiger charge is 2.15. The third-order valence-corrected chi connectivity index (χ3v) is 4.85. The topological polar surface area (TPSA) is 78.5 Å². The Kier molecular flexibility index (Phi) is 5.12. The van der Waals surface area contributed by atoms with Gasteiger partial charge in [0.25, 0.3) is 0 Å². The normalized spacial score (nSPS) is 12.1. The first-order valence-electron chi connectivity index (χ1n) is 9.64. The predicted molar refractivity (Wildman–Crippen MR) is 114 cm³/mol. The van der Waals surface area contributed by atoms with Gasteiger partial charge >= 0.3 is 0 Å². The molecule has 6 nitrogen and oxygen atoms in total. The lowest BCUT2D eigenvalue weighted by molar-refractivity contribution is 0.639. The van der Waals surface area contributed by atoms with Crippen molar-refractivity contribution in [1.82, 2.24) is 20.2 Å². The van der Waals surface area contributed by atoms with E-state index in [-0.39, 0.29) is 11.9 Å². The number of benzene rings is 2. The van der Waals surface area contributed by atoms with Gasteiger partial charge in [0.15, 0.2) is 5.82 Å². The summed E-state index contributed by atoms with van der Waals surface area (Å²) in [4.78, 5) is 9.06. The molecule has 0 saturated carbocycles. The highest BCUT2D eigenvalue weighted by atomic mass is 19.1. The van der Waals surface area contributed by atoms with E-state index in [1.165, 1.54) is 11.6 Å². The number of hydrogen-bond acceptors (Lipinski definition) is 5. The number of nitrogens with one attached hydrogen (secondary N) is 3. The van der Waals surface area contributed by atoms with Gasteiger partial charge in [-0.1, -0.05) is 42.8 Å². The summed E-state index contributed by atoms with van der Waals surface area (Å²) in [7, 11) is 0. The Hall–Kier alpha value is -3.48. The third kappa shape index (κ3) is 4.03. The minimum Gasteiger partial charge on any atom is -0.348 e. The van der Waals surface area contributed by atoms with Crippen LogP contribution in [0, 0.1) is 12.7 Å². The zero-order chi connectivity index (χ0) is 20.4. The van der Waals surface area contributed by atoms with Crippen LogP contribution in [-0.4, -0.2) is 20.2 Å². The van der Waals surface area contributed by atoms with Crippen molar-refractivity contribution in [2.24, 2.45) is 0 Å². The number of aromatic amines is 1. The van der Waals surface area contributed by atoms with E-state index < -0.39 is 0 Å². The number of H-pyrrole nitrogens is 1. The maximum atomic E-state index is 14.5. The first-order chi connectivity index (χ1) is 14.0. The van der Waals surface area contributed by atoms with Crippen LogP contribution in [0.25, 0.3) is 10.9 Å². The van der Waals surface area contributed by atoms with Crippen molar-refractivity contribution in [2.45, 2.75) is 33.2 Å². The van der Waals surface area contributed by atoms with Crippen LogP contribution in [0.2, 0.25) is 0 Å². The summed E-state index contributed by atoms with van der Waals surface area (Å²) in [6, 6.07) is 15.0. The van der Waals surface area contributed by atoms with Crippen LogP contribution >= 0.6 is 0 Å². The highest BCUT2D eigenvalue weighted by molar-refractivity contribution is 5.92. The fourth-order valence-corrected chi connectivity index (χ4v) is 3.16. The van der Waals surface area contributed by atoms with Gasteiger partial charge in [-0.05, 0) is 38.0 Å². The van der Waals surface area contributed by atoms with Crippen molar-refractivity contribution in [1.29, 1.82) is 0 Å². The molecule has 148 valence electrons. The number of fused-ring (bicyclic) bond motifs is 1. The van der Waals surface area contributed by atoms with Crippen LogP contribution in [0.4, 0.5) is 22.0 Å². The molecular weight excluding hydrogens is 367 g/mol. The van der Waals surface area contributed by atoms with Gasteiger partial charge in [-0.2, -0.15) is 10.1 Å². The number of rotatable bonds is 6. The maximum Gasteiger partial charge on any atom is 0.225 e. The molecule has 0 radical (unpaired) electrons. The Bertz CT molecular complexity index is 1140. The van der Waals surface area contributed by atoms with Gasteiger partial charge in [-0.3, -0.25) is 5.10 Å². The Morgan fingerprint density at radius 1 is 1.10 bits per heavy atom. The zero-order valence-electron chi connectivity index (χ0n) is 16.6. The number of hydrogen-bond donors (Lipinski definition) is 3. The van der Waals surface area contributed by atoms with E-state index in [0.29, 0.717) is 28.5 Å². The smallest absolute Gasteiger partial charge is 0.225 e. The lowest BCUT2D eigenvalue weighted by atomic mass is 10.1. The molecule has 0 aliphatic rings. The molecule has 3 N–H and O–H groups in total. The molecule has 2 aromatic heterocycles. The average molecular weight is 390 g/mol. The van der Waals surface area contributed by atoms with Crippen LogP contribution in [0.3, 0.4) is 0 Å². The van der Waals surface area contributed by atoms with E-state index in [2.05, 4.69) is 62.0 Å². The van der Waals surface area contributed by atoms with E-state index >= 15 is 0 Å². The van der Waals surface area contributed by atoms with Crippen LogP contribution < -0.4 is 10.6 Å². The summed E-state index contributed by atoms with van der Waals surface area (Å²) < 4.78 is 14.5. The monoisotopic (exact) mass is 390 g/mol. The summed E-state index contributed by atoms with van der Waals surface area (Å²) in [6.07, 6.45) is 0.828. The third-order valence-electron chi connectivity index (χ3n) is 4.85. The molecular formula is C22H23FN6. The van der Waals surface area contributed by atoms with Crippen molar-refractivity contribution < 1.29 is 4.39 Å². The van der Waals surface area contributed by atoms with E-state index in [1.54, 1.807) is 12.1 Å². The first kappa shape index (κ1) is 18.9. The summed E-state index contributed by atoms with van der Waals surface area (Å²) in [5, 5.41) is 14.0. The molecule has 2 heterocycles. The summed E-state index contributed by atoms with van der Waals surface area (Å²) in [6.45, 7) is 6.13. The minimum atomic E-state index is -0.380. The van der Waals surface area contributed by atoms with E-state index in [0.717, 1.165) is 17.7 Å². The first-order valence-corrected chi connectivity index (χ1v) is 9.64. The summed E-state index contributed by atoms with van der Waals surface area (Å²) >= 11 is 0. The second kappa shape index (κ2) is 7.87. The molecule has 7 heteroatoms. The molecule has 0 aliphatic heterocycles. The molecule has 4 aromatic rings. The van der Waals surface area contributed by atoms with Crippen molar-refractivity contribution in [3.63, 3.8) is 0 Å². The zero-order valence-corrected chi connectivity index (χ0v) is 16.6. The molecule has 0 spiro atoms. The lowest BCUT2D eigenvalue weighted by Gasteiger charge is -2.16. The van der Waals surface area contributed by atoms with Crippen LogP contribution in [0.1, 0.15) is 36.7 Å². The number of halogens is 1. The molecule has 1 atom stereocenters. The molecule has 0 aliphatic carbocycles. The van der Waals surface area contributed by atoms with E-state index in [1.807, 2.05) is 19.9 Å². The predicted octanol–water partition coefficient (Wildman–Crippen LogP) is 5.28. The molecule has 29 heavy (non-hydrogen) atoms.